The summed E-state index contributed by atoms with van der Waals surface area (Å²) in [7, 11) is 2.06. The maximum atomic E-state index is 4.57. The van der Waals surface area contributed by atoms with Crippen LogP contribution >= 0.6 is 0 Å². The average molecular weight is 255 g/mol. The summed E-state index contributed by atoms with van der Waals surface area (Å²) in [5, 5.41) is 4.62. The van der Waals surface area contributed by atoms with E-state index in [0.29, 0.717) is 12.1 Å². The molecule has 2 heterocycles. The summed E-state index contributed by atoms with van der Waals surface area (Å²) in [5.74, 6) is 0. The normalized spacial score (nSPS) is 23.8. The second kappa shape index (κ2) is 5.17. The standard InChI is InChI=1S/C16H21N3/c1-12-9-14(17-2)7-8-19(12)15-10-13-5-3-4-6-16(13)18-11-15/h3-6,10-12,14,17H,7-9H2,1-2H3. The maximum absolute atomic E-state index is 4.57. The van der Waals surface area contributed by atoms with Crippen LogP contribution in [-0.2, 0) is 0 Å². The van der Waals surface area contributed by atoms with Crippen molar-refractivity contribution >= 4 is 16.6 Å². The van der Waals surface area contributed by atoms with E-state index in [1.807, 2.05) is 12.3 Å². The van der Waals surface area contributed by atoms with Gasteiger partial charge < -0.3 is 10.2 Å². The van der Waals surface area contributed by atoms with Crippen LogP contribution in [-0.4, -0.2) is 30.7 Å². The van der Waals surface area contributed by atoms with Crippen LogP contribution in [0.2, 0.25) is 0 Å². The van der Waals surface area contributed by atoms with E-state index in [1.165, 1.54) is 23.9 Å². The Bertz CT molecular complexity index is 567. The lowest BCUT2D eigenvalue weighted by molar-refractivity contribution is 0.387. The smallest absolute Gasteiger partial charge is 0.0703 e. The lowest BCUT2D eigenvalue weighted by Crippen LogP contribution is -2.46. The number of para-hydroxylation sites is 1. The van der Waals surface area contributed by atoms with Crippen molar-refractivity contribution in [1.29, 1.82) is 0 Å². The molecule has 0 amide bonds. The zero-order valence-electron chi connectivity index (χ0n) is 11.6. The van der Waals surface area contributed by atoms with Crippen LogP contribution < -0.4 is 10.2 Å². The van der Waals surface area contributed by atoms with Gasteiger partial charge in [0.05, 0.1) is 17.4 Å². The Morgan fingerprint density at radius 2 is 2.16 bits per heavy atom. The van der Waals surface area contributed by atoms with Gasteiger partial charge in [0.2, 0.25) is 0 Å². The molecule has 1 fully saturated rings. The van der Waals surface area contributed by atoms with Crippen molar-refractivity contribution in [1.82, 2.24) is 10.3 Å². The molecule has 0 bridgehead atoms. The highest BCUT2D eigenvalue weighted by atomic mass is 15.2. The molecule has 100 valence electrons. The van der Waals surface area contributed by atoms with Crippen molar-refractivity contribution in [3.63, 3.8) is 0 Å². The molecule has 1 aliphatic heterocycles. The van der Waals surface area contributed by atoms with E-state index >= 15 is 0 Å². The number of hydrogen-bond donors (Lipinski definition) is 1. The molecule has 3 nitrogen and oxygen atoms in total. The number of piperidine rings is 1. The van der Waals surface area contributed by atoms with E-state index in [-0.39, 0.29) is 0 Å². The number of benzene rings is 1. The van der Waals surface area contributed by atoms with E-state index < -0.39 is 0 Å². The number of nitrogens with one attached hydrogen (secondary N) is 1. The molecule has 19 heavy (non-hydrogen) atoms. The zero-order valence-corrected chi connectivity index (χ0v) is 11.6. The quantitative estimate of drug-likeness (QED) is 0.894. The number of rotatable bonds is 2. The Balaban J connectivity index is 1.87. The molecule has 1 aliphatic rings. The second-order valence-corrected chi connectivity index (χ2v) is 5.44. The first-order chi connectivity index (χ1) is 9.28. The predicted molar refractivity (Wildman–Crippen MR) is 80.6 cm³/mol. The SMILES string of the molecule is CNC1CCN(c2cnc3ccccc3c2)C(C)C1. The monoisotopic (exact) mass is 255 g/mol. The fraction of sp³-hybridized carbons (Fsp3) is 0.438. The van der Waals surface area contributed by atoms with Gasteiger partial charge in [-0.1, -0.05) is 18.2 Å². The Kier molecular flexibility index (Phi) is 3.38. The van der Waals surface area contributed by atoms with E-state index in [1.54, 1.807) is 0 Å². The van der Waals surface area contributed by atoms with Crippen molar-refractivity contribution < 1.29 is 0 Å². The van der Waals surface area contributed by atoms with E-state index in [0.717, 1.165) is 12.1 Å². The van der Waals surface area contributed by atoms with Gasteiger partial charge in [0, 0.05) is 24.0 Å². The first-order valence-corrected chi connectivity index (χ1v) is 7.06. The lowest BCUT2D eigenvalue weighted by atomic mass is 9.98. The van der Waals surface area contributed by atoms with Gasteiger partial charge in [0.25, 0.3) is 0 Å². The van der Waals surface area contributed by atoms with Gasteiger partial charge in [-0.05, 0) is 38.9 Å². The van der Waals surface area contributed by atoms with Gasteiger partial charge in [-0.3, -0.25) is 4.98 Å². The first kappa shape index (κ1) is 12.4. The third-order valence-electron chi connectivity index (χ3n) is 4.19. The topological polar surface area (TPSA) is 28.2 Å². The number of hydrogen-bond acceptors (Lipinski definition) is 3. The highest BCUT2D eigenvalue weighted by molar-refractivity contribution is 5.81. The Morgan fingerprint density at radius 1 is 1.32 bits per heavy atom. The molecule has 0 spiro atoms. The minimum absolute atomic E-state index is 0.564. The van der Waals surface area contributed by atoms with Crippen molar-refractivity contribution in [2.45, 2.75) is 31.8 Å². The summed E-state index contributed by atoms with van der Waals surface area (Å²) in [6.07, 6.45) is 4.41. The summed E-state index contributed by atoms with van der Waals surface area (Å²) >= 11 is 0. The maximum Gasteiger partial charge on any atom is 0.0703 e. The Hall–Kier alpha value is -1.61. The molecule has 1 aromatic carbocycles. The third kappa shape index (κ3) is 2.43. The van der Waals surface area contributed by atoms with Crippen molar-refractivity contribution in [2.24, 2.45) is 0 Å². The van der Waals surface area contributed by atoms with E-state index in [4.69, 9.17) is 0 Å². The van der Waals surface area contributed by atoms with Crippen LogP contribution in [0.3, 0.4) is 0 Å². The number of pyridine rings is 1. The summed E-state index contributed by atoms with van der Waals surface area (Å²) < 4.78 is 0. The molecule has 0 radical (unpaired) electrons. The van der Waals surface area contributed by atoms with Crippen molar-refractivity contribution in [2.75, 3.05) is 18.5 Å². The van der Waals surface area contributed by atoms with Crippen LogP contribution in [0.1, 0.15) is 19.8 Å². The minimum atomic E-state index is 0.564. The number of fused-ring (bicyclic) bond motifs is 1. The van der Waals surface area contributed by atoms with Crippen LogP contribution in [0.25, 0.3) is 10.9 Å². The van der Waals surface area contributed by atoms with Crippen molar-refractivity contribution in [3.8, 4) is 0 Å². The highest BCUT2D eigenvalue weighted by Crippen LogP contribution is 2.26. The summed E-state index contributed by atoms with van der Waals surface area (Å²) in [6, 6.07) is 11.8. The third-order valence-corrected chi connectivity index (χ3v) is 4.19. The predicted octanol–water partition coefficient (Wildman–Crippen LogP) is 2.81. The summed E-state index contributed by atoms with van der Waals surface area (Å²) in [4.78, 5) is 7.05. The van der Waals surface area contributed by atoms with Gasteiger partial charge in [0.15, 0.2) is 0 Å². The average Bonchev–Trinajstić information content (AvgIpc) is 2.46. The van der Waals surface area contributed by atoms with Crippen molar-refractivity contribution in [3.05, 3.63) is 36.5 Å². The molecule has 1 saturated heterocycles. The molecular weight excluding hydrogens is 234 g/mol. The summed E-state index contributed by atoms with van der Waals surface area (Å²) in [5.41, 5.74) is 2.32. The van der Waals surface area contributed by atoms with E-state index in [9.17, 15) is 0 Å². The number of anilines is 1. The first-order valence-electron chi connectivity index (χ1n) is 7.06. The molecule has 1 N–H and O–H groups in total. The molecule has 3 heteroatoms. The molecule has 2 unspecified atom stereocenters. The lowest BCUT2D eigenvalue weighted by Gasteiger charge is -2.39. The van der Waals surface area contributed by atoms with Crippen LogP contribution in [0.15, 0.2) is 36.5 Å². The molecule has 2 atom stereocenters. The second-order valence-electron chi connectivity index (χ2n) is 5.44. The molecule has 1 aromatic heterocycles. The fourth-order valence-corrected chi connectivity index (χ4v) is 3.03. The van der Waals surface area contributed by atoms with Gasteiger partial charge in [0.1, 0.15) is 0 Å². The fourth-order valence-electron chi connectivity index (χ4n) is 3.03. The molecule has 2 aromatic rings. The van der Waals surface area contributed by atoms with Crippen LogP contribution in [0.5, 0.6) is 0 Å². The van der Waals surface area contributed by atoms with Crippen LogP contribution in [0.4, 0.5) is 5.69 Å². The molecule has 0 saturated carbocycles. The minimum Gasteiger partial charge on any atom is -0.367 e. The van der Waals surface area contributed by atoms with Crippen LogP contribution in [0, 0.1) is 0 Å². The summed E-state index contributed by atoms with van der Waals surface area (Å²) in [6.45, 7) is 3.41. The molecule has 0 aliphatic carbocycles. The molecular formula is C16H21N3. The Morgan fingerprint density at radius 3 is 2.95 bits per heavy atom. The van der Waals surface area contributed by atoms with Gasteiger partial charge >= 0.3 is 0 Å². The van der Waals surface area contributed by atoms with Gasteiger partial charge in [-0.25, -0.2) is 0 Å². The number of nitrogens with zero attached hydrogens (tertiary/aromatic N) is 2. The number of aromatic nitrogens is 1. The van der Waals surface area contributed by atoms with Gasteiger partial charge in [-0.15, -0.1) is 0 Å². The highest BCUT2D eigenvalue weighted by Gasteiger charge is 2.24. The zero-order chi connectivity index (χ0) is 13.2. The van der Waals surface area contributed by atoms with Gasteiger partial charge in [-0.2, -0.15) is 0 Å². The Labute approximate surface area is 114 Å². The van der Waals surface area contributed by atoms with E-state index in [2.05, 4.69) is 53.4 Å². The molecule has 3 rings (SSSR count). The largest absolute Gasteiger partial charge is 0.367 e.